The van der Waals surface area contributed by atoms with Gasteiger partial charge in [0.2, 0.25) is 5.91 Å². The average molecular weight is 244 g/mol. The van der Waals surface area contributed by atoms with Crippen LogP contribution in [0.3, 0.4) is 0 Å². The van der Waals surface area contributed by atoms with Gasteiger partial charge in [0.25, 0.3) is 0 Å². The van der Waals surface area contributed by atoms with Gasteiger partial charge in [0.15, 0.2) is 0 Å². The molecule has 1 amide bonds. The minimum absolute atomic E-state index is 0.0724. The molecule has 3 N–H and O–H groups in total. The molecule has 2 heterocycles. The molecule has 92 valence electrons. The highest BCUT2D eigenvalue weighted by Crippen LogP contribution is 2.22. The zero-order valence-corrected chi connectivity index (χ0v) is 10.3. The van der Waals surface area contributed by atoms with Crippen LogP contribution in [0.15, 0.2) is 0 Å². The number of amides is 1. The van der Waals surface area contributed by atoms with Crippen LogP contribution in [0, 0.1) is 11.8 Å². The van der Waals surface area contributed by atoms with E-state index in [1.165, 1.54) is 24.3 Å². The van der Waals surface area contributed by atoms with E-state index < -0.39 is 0 Å². The predicted molar refractivity (Wildman–Crippen MR) is 65.3 cm³/mol. The molecule has 2 unspecified atom stereocenters. The first-order chi connectivity index (χ1) is 7.77. The normalized spacial score (nSPS) is 31.6. The number of ether oxygens (including phenoxy) is 1. The second-order valence-electron chi connectivity index (χ2n) is 4.61. The second kappa shape index (κ2) is 5.89. The van der Waals surface area contributed by atoms with Crippen molar-refractivity contribution in [1.29, 1.82) is 0 Å². The van der Waals surface area contributed by atoms with Crippen LogP contribution in [0.5, 0.6) is 0 Å². The van der Waals surface area contributed by atoms with Gasteiger partial charge in [-0.3, -0.25) is 4.79 Å². The first-order valence-electron chi connectivity index (χ1n) is 5.96. The molecule has 0 saturated carbocycles. The van der Waals surface area contributed by atoms with Crippen molar-refractivity contribution in [3.63, 3.8) is 0 Å². The first kappa shape index (κ1) is 12.2. The number of rotatable bonds is 3. The minimum Gasteiger partial charge on any atom is -0.379 e. The molecule has 2 atom stereocenters. The third kappa shape index (κ3) is 3.12. The molecule has 0 aromatic rings. The zero-order valence-electron chi connectivity index (χ0n) is 9.48. The summed E-state index contributed by atoms with van der Waals surface area (Å²) in [5, 5.41) is 3.02. The molecule has 16 heavy (non-hydrogen) atoms. The van der Waals surface area contributed by atoms with E-state index in [2.05, 4.69) is 5.32 Å². The maximum Gasteiger partial charge on any atom is 0.227 e. The molecule has 4 nitrogen and oxygen atoms in total. The Kier molecular flexibility index (Phi) is 4.49. The standard InChI is InChI=1S/C11H20N2O2S/c12-10-7-15-6-9(10)11(14)13-5-8-1-3-16-4-2-8/h8-10H,1-7,12H2,(H,13,14). The summed E-state index contributed by atoms with van der Waals surface area (Å²) in [4.78, 5) is 11.8. The van der Waals surface area contributed by atoms with Gasteiger partial charge < -0.3 is 15.8 Å². The summed E-state index contributed by atoms with van der Waals surface area (Å²) in [5.41, 5.74) is 5.80. The molecule has 0 aromatic heterocycles. The van der Waals surface area contributed by atoms with Gasteiger partial charge in [-0.25, -0.2) is 0 Å². The Balaban J connectivity index is 1.70. The number of nitrogens with one attached hydrogen (secondary N) is 1. The molecule has 2 saturated heterocycles. The third-order valence-corrected chi connectivity index (χ3v) is 4.42. The van der Waals surface area contributed by atoms with Gasteiger partial charge in [0.1, 0.15) is 0 Å². The summed E-state index contributed by atoms with van der Waals surface area (Å²) in [6.45, 7) is 1.80. The SMILES string of the molecule is NC1COCC1C(=O)NCC1CCSCC1. The van der Waals surface area contributed by atoms with Crippen LogP contribution in [0.2, 0.25) is 0 Å². The molecule has 0 aliphatic carbocycles. The van der Waals surface area contributed by atoms with E-state index in [1.807, 2.05) is 11.8 Å². The summed E-state index contributed by atoms with van der Waals surface area (Å²) >= 11 is 2.01. The lowest BCUT2D eigenvalue weighted by atomic mass is 10.0. The van der Waals surface area contributed by atoms with Crippen molar-refractivity contribution in [3.8, 4) is 0 Å². The molecule has 0 spiro atoms. The van der Waals surface area contributed by atoms with Gasteiger partial charge in [-0.1, -0.05) is 0 Å². The minimum atomic E-state index is -0.141. The van der Waals surface area contributed by atoms with Gasteiger partial charge in [-0.05, 0) is 30.3 Å². The van der Waals surface area contributed by atoms with E-state index in [0.717, 1.165) is 6.54 Å². The van der Waals surface area contributed by atoms with Gasteiger partial charge in [0.05, 0.1) is 19.1 Å². The van der Waals surface area contributed by atoms with Crippen LogP contribution < -0.4 is 11.1 Å². The number of nitrogens with two attached hydrogens (primary N) is 1. The Morgan fingerprint density at radius 1 is 1.38 bits per heavy atom. The van der Waals surface area contributed by atoms with Crippen LogP contribution in [-0.4, -0.2) is 43.2 Å². The van der Waals surface area contributed by atoms with Crippen LogP contribution in [0.4, 0.5) is 0 Å². The van der Waals surface area contributed by atoms with Gasteiger partial charge in [0, 0.05) is 12.6 Å². The maximum atomic E-state index is 11.8. The molecular formula is C11H20N2O2S. The Labute approximate surface area is 101 Å². The molecule has 2 fully saturated rings. The number of hydrogen-bond donors (Lipinski definition) is 2. The largest absolute Gasteiger partial charge is 0.379 e. The number of thioether (sulfide) groups is 1. The summed E-state index contributed by atoms with van der Waals surface area (Å²) in [7, 11) is 0. The van der Waals surface area contributed by atoms with E-state index in [4.69, 9.17) is 10.5 Å². The quantitative estimate of drug-likeness (QED) is 0.745. The van der Waals surface area contributed by atoms with E-state index in [1.54, 1.807) is 0 Å². The van der Waals surface area contributed by atoms with E-state index >= 15 is 0 Å². The topological polar surface area (TPSA) is 64.3 Å². The summed E-state index contributed by atoms with van der Waals surface area (Å²) in [6.07, 6.45) is 2.44. The fraction of sp³-hybridized carbons (Fsp3) is 0.909. The molecule has 2 aliphatic heterocycles. The Morgan fingerprint density at radius 3 is 2.75 bits per heavy atom. The highest BCUT2D eigenvalue weighted by Gasteiger charge is 2.31. The first-order valence-corrected chi connectivity index (χ1v) is 7.11. The maximum absolute atomic E-state index is 11.8. The Morgan fingerprint density at radius 2 is 2.12 bits per heavy atom. The number of carbonyl (C=O) groups excluding carboxylic acids is 1. The highest BCUT2D eigenvalue weighted by molar-refractivity contribution is 7.99. The van der Waals surface area contributed by atoms with Crippen molar-refractivity contribution < 1.29 is 9.53 Å². The lowest BCUT2D eigenvalue weighted by molar-refractivity contribution is -0.125. The van der Waals surface area contributed by atoms with Gasteiger partial charge in [-0.15, -0.1) is 0 Å². The number of hydrogen-bond acceptors (Lipinski definition) is 4. The average Bonchev–Trinajstić information content (AvgIpc) is 2.74. The molecule has 5 heteroatoms. The molecule has 0 bridgehead atoms. The predicted octanol–water partition coefficient (Wildman–Crippen LogP) is 0.219. The van der Waals surface area contributed by atoms with Crippen molar-refractivity contribution in [1.82, 2.24) is 5.32 Å². The molecule has 0 aromatic carbocycles. The number of carbonyl (C=O) groups is 1. The molecular weight excluding hydrogens is 224 g/mol. The van der Waals surface area contributed by atoms with Crippen molar-refractivity contribution >= 4 is 17.7 Å². The fourth-order valence-corrected chi connectivity index (χ4v) is 3.37. The monoisotopic (exact) mass is 244 g/mol. The lowest BCUT2D eigenvalue weighted by Gasteiger charge is -2.22. The molecule has 2 aliphatic rings. The van der Waals surface area contributed by atoms with Gasteiger partial charge in [-0.2, -0.15) is 11.8 Å². The van der Waals surface area contributed by atoms with Crippen LogP contribution in [0.1, 0.15) is 12.8 Å². The fourth-order valence-electron chi connectivity index (χ4n) is 2.17. The smallest absolute Gasteiger partial charge is 0.227 e. The van der Waals surface area contributed by atoms with Crippen molar-refractivity contribution in [3.05, 3.63) is 0 Å². The summed E-state index contributed by atoms with van der Waals surface area (Å²) in [6, 6.07) is -0.123. The van der Waals surface area contributed by atoms with Crippen molar-refractivity contribution in [2.24, 2.45) is 17.6 Å². The van der Waals surface area contributed by atoms with E-state index in [0.29, 0.717) is 19.1 Å². The van der Waals surface area contributed by atoms with Crippen LogP contribution in [0.25, 0.3) is 0 Å². The van der Waals surface area contributed by atoms with Crippen molar-refractivity contribution in [2.75, 3.05) is 31.3 Å². The lowest BCUT2D eigenvalue weighted by Crippen LogP contribution is -2.42. The molecule has 2 rings (SSSR count). The Bertz CT molecular complexity index is 244. The summed E-state index contributed by atoms with van der Waals surface area (Å²) < 4.78 is 5.19. The Hall–Kier alpha value is -0.260. The van der Waals surface area contributed by atoms with Crippen LogP contribution >= 0.6 is 11.8 Å². The van der Waals surface area contributed by atoms with E-state index in [9.17, 15) is 4.79 Å². The zero-order chi connectivity index (χ0) is 11.4. The van der Waals surface area contributed by atoms with Crippen molar-refractivity contribution in [2.45, 2.75) is 18.9 Å². The second-order valence-corrected chi connectivity index (χ2v) is 5.83. The van der Waals surface area contributed by atoms with E-state index in [-0.39, 0.29) is 17.9 Å². The third-order valence-electron chi connectivity index (χ3n) is 3.37. The molecule has 0 radical (unpaired) electrons. The van der Waals surface area contributed by atoms with Crippen LogP contribution in [-0.2, 0) is 9.53 Å². The summed E-state index contributed by atoms with van der Waals surface area (Å²) in [5.74, 6) is 3.05. The van der Waals surface area contributed by atoms with Gasteiger partial charge >= 0.3 is 0 Å². The highest BCUT2D eigenvalue weighted by atomic mass is 32.2.